The first kappa shape index (κ1) is 39.5. The van der Waals surface area contributed by atoms with Crippen molar-refractivity contribution in [2.75, 3.05) is 6.54 Å². The van der Waals surface area contributed by atoms with Crippen molar-refractivity contribution >= 4 is 29.3 Å². The van der Waals surface area contributed by atoms with Crippen LogP contribution in [0.4, 0.5) is 0 Å². The molecule has 6 rings (SSSR count). The largest absolute Gasteiger partial charge is 0.481 e. The van der Waals surface area contributed by atoms with E-state index in [2.05, 4.69) is 53.8 Å². The fraction of sp³-hybridized carbons (Fsp3) is 0.750. The topological polar surface area (TPSA) is 113 Å². The zero-order valence-corrected chi connectivity index (χ0v) is 33.9. The Balaban J connectivity index is 1.26. The summed E-state index contributed by atoms with van der Waals surface area (Å²) in [6.07, 6.45) is 7.11. The highest BCUT2D eigenvalue weighted by atomic mass is 35.5. The minimum atomic E-state index is -1.17. The smallest absolute Gasteiger partial charge is 0.309 e. The number of Topliss-reactive ketones (excluding diaryl/α,β-unsaturated/α-hetero) is 1. The number of rotatable bonds is 10. The van der Waals surface area contributed by atoms with Crippen molar-refractivity contribution in [2.24, 2.45) is 56.2 Å². The number of carbonyl (C=O) groups excluding carboxylic acids is 2. The van der Waals surface area contributed by atoms with E-state index in [0.29, 0.717) is 36.4 Å². The summed E-state index contributed by atoms with van der Waals surface area (Å²) in [5.74, 6) is 0.00892. The number of hydrogen-bond donors (Lipinski definition) is 3. The molecule has 0 aliphatic heterocycles. The van der Waals surface area contributed by atoms with Crippen molar-refractivity contribution in [3.05, 3.63) is 46.0 Å². The maximum Gasteiger partial charge on any atom is 0.309 e. The molecule has 1 aromatic rings. The number of aliphatic carboxylic acids is 1. The zero-order chi connectivity index (χ0) is 38.2. The number of aliphatic hydroxyl groups is 1. The van der Waals surface area contributed by atoms with E-state index in [4.69, 9.17) is 16.3 Å². The van der Waals surface area contributed by atoms with Gasteiger partial charge in [-0.1, -0.05) is 83.8 Å². The number of hydrogen-bond acceptors (Lipinski definition) is 6. The molecule has 5 aliphatic rings. The Kier molecular flexibility index (Phi) is 10.3. The lowest BCUT2D eigenvalue weighted by atomic mass is 9.33. The molecule has 7 nitrogen and oxygen atoms in total. The van der Waals surface area contributed by atoms with Crippen LogP contribution in [0.3, 0.4) is 0 Å². The minimum absolute atomic E-state index is 0.0198. The molecule has 3 N–H and O–H groups in total. The molecule has 8 heteroatoms. The number of carboxylic acids is 1. The van der Waals surface area contributed by atoms with Crippen molar-refractivity contribution in [1.82, 2.24) is 5.32 Å². The third-order valence-corrected chi connectivity index (χ3v) is 16.5. The lowest BCUT2D eigenvalue weighted by molar-refractivity contribution is -0.235. The highest BCUT2D eigenvalue weighted by molar-refractivity contribution is 6.31. The van der Waals surface area contributed by atoms with Crippen molar-refractivity contribution in [1.29, 1.82) is 0 Å². The van der Waals surface area contributed by atoms with Crippen LogP contribution in [0.15, 0.2) is 35.4 Å². The Morgan fingerprint density at radius 3 is 2.31 bits per heavy atom. The molecule has 4 fully saturated rings. The second-order valence-electron chi connectivity index (χ2n) is 19.8. The van der Waals surface area contributed by atoms with E-state index in [1.54, 1.807) is 13.8 Å². The summed E-state index contributed by atoms with van der Waals surface area (Å²) >= 11 is 6.44. The summed E-state index contributed by atoms with van der Waals surface area (Å²) in [4.78, 5) is 38.9. The van der Waals surface area contributed by atoms with Gasteiger partial charge >= 0.3 is 11.9 Å². The number of ether oxygens (including phenoxy) is 1. The third-order valence-electron chi connectivity index (χ3n) is 16.1. The Morgan fingerprint density at radius 2 is 1.65 bits per heavy atom. The number of ketones is 1. The average Bonchev–Trinajstić information content (AvgIpc) is 3.36. The van der Waals surface area contributed by atoms with E-state index >= 15 is 0 Å². The SMILES string of the molecule is CC(C)C1=C2[C@H]3CC[C@@H]4[C@@]5(C)CC[C@H](OC(=O)CC(C)(C)C(=O)O)C(C)(C)C5CC[C@@]4(C)[C@]3(C)CC[C@@]2([C@H](O)CNCc2ccccc2Cl)CC1=O. The van der Waals surface area contributed by atoms with Gasteiger partial charge in [-0.3, -0.25) is 14.4 Å². The molecule has 0 spiro atoms. The van der Waals surface area contributed by atoms with E-state index in [9.17, 15) is 24.6 Å². The van der Waals surface area contributed by atoms with Crippen LogP contribution in [0.25, 0.3) is 0 Å². The molecular formula is C44H64ClNO6. The number of allylic oxidation sites excluding steroid dienone is 1. The minimum Gasteiger partial charge on any atom is -0.481 e. The van der Waals surface area contributed by atoms with Crippen LogP contribution >= 0.6 is 11.6 Å². The zero-order valence-electron chi connectivity index (χ0n) is 33.2. The van der Waals surface area contributed by atoms with Crippen LogP contribution < -0.4 is 5.32 Å². The fourth-order valence-electron chi connectivity index (χ4n) is 13.1. The van der Waals surface area contributed by atoms with Crippen molar-refractivity contribution in [3.63, 3.8) is 0 Å². The molecule has 0 aromatic heterocycles. The monoisotopic (exact) mass is 737 g/mol. The Morgan fingerprint density at radius 1 is 0.962 bits per heavy atom. The van der Waals surface area contributed by atoms with Crippen molar-refractivity contribution < 1.29 is 29.3 Å². The quantitative estimate of drug-likeness (QED) is 0.205. The molecule has 5 aliphatic carbocycles. The Bertz CT molecular complexity index is 1630. The van der Waals surface area contributed by atoms with Crippen molar-refractivity contribution in [2.45, 2.75) is 145 Å². The Hall–Kier alpha value is -2.22. The maximum atomic E-state index is 14.0. The summed E-state index contributed by atoms with van der Waals surface area (Å²) in [6.45, 7) is 20.6. The predicted molar refractivity (Wildman–Crippen MR) is 205 cm³/mol. The summed E-state index contributed by atoms with van der Waals surface area (Å²) in [6, 6.07) is 7.79. The van der Waals surface area contributed by atoms with E-state index in [-0.39, 0.29) is 51.8 Å². The van der Waals surface area contributed by atoms with Crippen LogP contribution in [-0.4, -0.2) is 46.7 Å². The van der Waals surface area contributed by atoms with Gasteiger partial charge in [-0.25, -0.2) is 0 Å². The predicted octanol–water partition coefficient (Wildman–Crippen LogP) is 9.18. The number of aliphatic hydroxyl groups excluding tert-OH is 1. The van der Waals surface area contributed by atoms with Crippen LogP contribution in [0.1, 0.15) is 132 Å². The van der Waals surface area contributed by atoms with Gasteiger partial charge in [-0.15, -0.1) is 0 Å². The number of halogens is 1. The van der Waals surface area contributed by atoms with Gasteiger partial charge in [-0.05, 0) is 122 Å². The number of esters is 1. The van der Waals surface area contributed by atoms with E-state index in [0.717, 1.165) is 62.5 Å². The number of carboxylic acid groups (broad SMARTS) is 1. The van der Waals surface area contributed by atoms with Crippen LogP contribution in [0.5, 0.6) is 0 Å². The number of benzene rings is 1. The van der Waals surface area contributed by atoms with Crippen molar-refractivity contribution in [3.8, 4) is 0 Å². The molecule has 0 bridgehead atoms. The molecule has 0 saturated heterocycles. The van der Waals surface area contributed by atoms with Gasteiger partial charge in [0.1, 0.15) is 6.10 Å². The third kappa shape index (κ3) is 6.02. The highest BCUT2D eigenvalue weighted by Crippen LogP contribution is 2.77. The lowest BCUT2D eigenvalue weighted by Gasteiger charge is -2.72. The molecule has 0 amide bonds. The Labute approximate surface area is 317 Å². The van der Waals surface area contributed by atoms with Gasteiger partial charge in [-0.2, -0.15) is 0 Å². The van der Waals surface area contributed by atoms with Gasteiger partial charge in [0.25, 0.3) is 0 Å². The van der Waals surface area contributed by atoms with E-state index < -0.39 is 28.9 Å². The number of carbonyl (C=O) groups is 3. The molecule has 9 atom stereocenters. The first-order valence-electron chi connectivity index (χ1n) is 20.0. The number of fused-ring (bicyclic) bond motifs is 7. The van der Waals surface area contributed by atoms with E-state index in [1.807, 2.05) is 24.3 Å². The molecule has 0 heterocycles. The standard InChI is InChI=1S/C44H64ClNO6/c1-26(2)36-30(47)22-44(33(48)25-46-24-27-12-10-11-13-29(27)45)21-20-42(8)28(37(36)44)14-15-32-41(7)18-17-34(52-35(49)23-39(3,4)38(50)51)40(5,6)31(41)16-19-43(32,42)9/h10-13,26,28,31-34,46,48H,14-25H2,1-9H3,(H,50,51)/t28-,31?,32-,33-,34+,41+,42-,43-,44+/m1/s1. The molecule has 0 radical (unpaired) electrons. The first-order valence-corrected chi connectivity index (χ1v) is 20.4. The molecular weight excluding hydrogens is 674 g/mol. The lowest BCUT2D eigenvalue weighted by Crippen LogP contribution is -2.66. The summed E-state index contributed by atoms with van der Waals surface area (Å²) in [5.41, 5.74) is 1.39. The fourth-order valence-corrected chi connectivity index (χ4v) is 13.3. The second-order valence-corrected chi connectivity index (χ2v) is 20.2. The average molecular weight is 738 g/mol. The molecule has 1 unspecified atom stereocenters. The normalized spacial score (nSPS) is 37.5. The highest BCUT2D eigenvalue weighted by Gasteiger charge is 2.70. The van der Waals surface area contributed by atoms with Gasteiger partial charge in [0.05, 0.1) is 17.9 Å². The summed E-state index contributed by atoms with van der Waals surface area (Å²) in [7, 11) is 0. The summed E-state index contributed by atoms with van der Waals surface area (Å²) < 4.78 is 6.16. The maximum absolute atomic E-state index is 14.0. The summed E-state index contributed by atoms with van der Waals surface area (Å²) in [5, 5.41) is 26.0. The first-order chi connectivity index (χ1) is 24.2. The van der Waals surface area contributed by atoms with Gasteiger partial charge in [0, 0.05) is 35.4 Å². The molecule has 288 valence electrons. The molecule has 1 aromatic carbocycles. The molecule has 52 heavy (non-hydrogen) atoms. The van der Waals surface area contributed by atoms with Crippen LogP contribution in [0, 0.1) is 56.2 Å². The number of nitrogens with one attached hydrogen (secondary N) is 1. The van der Waals surface area contributed by atoms with Crippen LogP contribution in [-0.2, 0) is 25.7 Å². The van der Waals surface area contributed by atoms with Gasteiger partial charge < -0.3 is 20.3 Å². The molecule has 4 saturated carbocycles. The van der Waals surface area contributed by atoms with Gasteiger partial charge in [0.15, 0.2) is 5.78 Å². The van der Waals surface area contributed by atoms with Gasteiger partial charge in [0.2, 0.25) is 0 Å². The van der Waals surface area contributed by atoms with Crippen LogP contribution in [0.2, 0.25) is 5.02 Å². The van der Waals surface area contributed by atoms with E-state index in [1.165, 1.54) is 5.57 Å². The second kappa shape index (κ2) is 13.5.